The molecule has 19 heavy (non-hydrogen) atoms. The Morgan fingerprint density at radius 1 is 1.32 bits per heavy atom. The summed E-state index contributed by atoms with van der Waals surface area (Å²) in [4.78, 5) is 4.14. The predicted molar refractivity (Wildman–Crippen MR) is 76.5 cm³/mol. The van der Waals surface area contributed by atoms with E-state index >= 15 is 0 Å². The number of hydrogen-bond acceptors (Lipinski definition) is 3. The monoisotopic (exact) mass is 251 g/mol. The molecule has 1 unspecified atom stereocenters. The van der Waals surface area contributed by atoms with Gasteiger partial charge in [-0.1, -0.05) is 31.2 Å². The molecule has 0 fully saturated rings. The molecule has 3 nitrogen and oxygen atoms in total. The molecule has 0 radical (unpaired) electrons. The molecule has 0 saturated heterocycles. The SMILES string of the molecule is CCNC(C)c1ccccc1-c1cncc(C#N)c1. The van der Waals surface area contributed by atoms with Crippen molar-refractivity contribution in [2.75, 3.05) is 6.54 Å². The summed E-state index contributed by atoms with van der Waals surface area (Å²) in [5, 5.41) is 12.4. The lowest BCUT2D eigenvalue weighted by Gasteiger charge is -2.17. The lowest BCUT2D eigenvalue weighted by molar-refractivity contribution is 0.599. The van der Waals surface area contributed by atoms with Gasteiger partial charge in [0.2, 0.25) is 0 Å². The average Bonchev–Trinajstić information content (AvgIpc) is 2.47. The third-order valence-electron chi connectivity index (χ3n) is 3.12. The number of nitrogens with one attached hydrogen (secondary N) is 1. The van der Waals surface area contributed by atoms with E-state index in [0.29, 0.717) is 5.56 Å². The van der Waals surface area contributed by atoms with Crippen LogP contribution in [0.15, 0.2) is 42.7 Å². The van der Waals surface area contributed by atoms with Gasteiger partial charge in [-0.15, -0.1) is 0 Å². The van der Waals surface area contributed by atoms with Crippen LogP contribution in [0.4, 0.5) is 0 Å². The molecule has 0 spiro atoms. The first-order valence-electron chi connectivity index (χ1n) is 6.44. The maximum atomic E-state index is 8.97. The van der Waals surface area contributed by atoms with Gasteiger partial charge >= 0.3 is 0 Å². The topological polar surface area (TPSA) is 48.7 Å². The number of nitriles is 1. The third-order valence-corrected chi connectivity index (χ3v) is 3.12. The highest BCUT2D eigenvalue weighted by molar-refractivity contribution is 5.68. The zero-order chi connectivity index (χ0) is 13.7. The van der Waals surface area contributed by atoms with Gasteiger partial charge in [-0.25, -0.2) is 0 Å². The molecule has 96 valence electrons. The fourth-order valence-electron chi connectivity index (χ4n) is 2.20. The van der Waals surface area contributed by atoms with Crippen molar-refractivity contribution in [2.24, 2.45) is 0 Å². The van der Waals surface area contributed by atoms with E-state index in [-0.39, 0.29) is 6.04 Å². The van der Waals surface area contributed by atoms with E-state index in [1.54, 1.807) is 12.4 Å². The van der Waals surface area contributed by atoms with Gasteiger partial charge < -0.3 is 5.32 Å². The van der Waals surface area contributed by atoms with Crippen molar-refractivity contribution in [1.29, 1.82) is 5.26 Å². The smallest absolute Gasteiger partial charge is 0.101 e. The van der Waals surface area contributed by atoms with Crippen LogP contribution in [0.5, 0.6) is 0 Å². The second-order valence-corrected chi connectivity index (χ2v) is 4.44. The first-order chi connectivity index (χ1) is 9.26. The van der Waals surface area contributed by atoms with Gasteiger partial charge in [-0.2, -0.15) is 5.26 Å². The Hall–Kier alpha value is -2.18. The van der Waals surface area contributed by atoms with E-state index < -0.39 is 0 Å². The Bertz CT molecular complexity index is 599. The van der Waals surface area contributed by atoms with Crippen molar-refractivity contribution in [3.8, 4) is 17.2 Å². The third kappa shape index (κ3) is 2.98. The van der Waals surface area contributed by atoms with Crippen LogP contribution in [0.3, 0.4) is 0 Å². The first-order valence-corrected chi connectivity index (χ1v) is 6.44. The molecule has 0 amide bonds. The summed E-state index contributed by atoms with van der Waals surface area (Å²) in [5.74, 6) is 0. The fraction of sp³-hybridized carbons (Fsp3) is 0.250. The molecule has 1 atom stereocenters. The fourth-order valence-corrected chi connectivity index (χ4v) is 2.20. The van der Waals surface area contributed by atoms with Gasteiger partial charge in [-0.05, 0) is 30.7 Å². The van der Waals surface area contributed by atoms with Crippen molar-refractivity contribution in [1.82, 2.24) is 10.3 Å². The van der Waals surface area contributed by atoms with Crippen molar-refractivity contribution in [2.45, 2.75) is 19.9 Å². The lowest BCUT2D eigenvalue weighted by Crippen LogP contribution is -2.18. The van der Waals surface area contributed by atoms with Crippen LogP contribution in [0.1, 0.15) is 31.0 Å². The molecule has 2 rings (SSSR count). The summed E-state index contributed by atoms with van der Waals surface area (Å²) in [6, 6.07) is 12.5. The van der Waals surface area contributed by atoms with Crippen LogP contribution in [0.25, 0.3) is 11.1 Å². The molecule has 0 aliphatic heterocycles. The molecular formula is C16H17N3. The summed E-state index contributed by atoms with van der Waals surface area (Å²) >= 11 is 0. The summed E-state index contributed by atoms with van der Waals surface area (Å²) < 4.78 is 0. The van der Waals surface area contributed by atoms with Crippen LogP contribution in [0, 0.1) is 11.3 Å². The normalized spacial score (nSPS) is 11.8. The summed E-state index contributed by atoms with van der Waals surface area (Å²) in [6.07, 6.45) is 3.39. The van der Waals surface area contributed by atoms with Crippen molar-refractivity contribution >= 4 is 0 Å². The van der Waals surface area contributed by atoms with Crippen molar-refractivity contribution in [3.63, 3.8) is 0 Å². The highest BCUT2D eigenvalue weighted by Gasteiger charge is 2.11. The van der Waals surface area contributed by atoms with Gasteiger partial charge in [0.05, 0.1) is 5.56 Å². The quantitative estimate of drug-likeness (QED) is 0.907. The zero-order valence-electron chi connectivity index (χ0n) is 11.2. The van der Waals surface area contributed by atoms with Crippen LogP contribution in [-0.2, 0) is 0 Å². The number of nitrogens with zero attached hydrogens (tertiary/aromatic N) is 2. The Labute approximate surface area is 113 Å². The Morgan fingerprint density at radius 3 is 2.84 bits per heavy atom. The molecular weight excluding hydrogens is 234 g/mol. The van der Waals surface area contributed by atoms with E-state index in [2.05, 4.69) is 42.4 Å². The van der Waals surface area contributed by atoms with Gasteiger partial charge in [0, 0.05) is 24.0 Å². The number of aromatic nitrogens is 1. The number of benzene rings is 1. The van der Waals surface area contributed by atoms with Crippen molar-refractivity contribution in [3.05, 3.63) is 53.9 Å². The Kier molecular flexibility index (Phi) is 4.27. The van der Waals surface area contributed by atoms with Crippen LogP contribution in [0.2, 0.25) is 0 Å². The lowest BCUT2D eigenvalue weighted by atomic mass is 9.96. The molecule has 1 aromatic carbocycles. The van der Waals surface area contributed by atoms with Gasteiger partial charge in [0.15, 0.2) is 0 Å². The molecule has 1 heterocycles. The molecule has 2 aromatic rings. The van der Waals surface area contributed by atoms with Crippen LogP contribution in [-0.4, -0.2) is 11.5 Å². The first kappa shape index (κ1) is 13.3. The van der Waals surface area contributed by atoms with Gasteiger partial charge in [-0.3, -0.25) is 4.98 Å². The Balaban J connectivity index is 2.47. The molecule has 0 bridgehead atoms. The largest absolute Gasteiger partial charge is 0.310 e. The minimum atomic E-state index is 0.270. The summed E-state index contributed by atoms with van der Waals surface area (Å²) in [7, 11) is 0. The predicted octanol–water partition coefficient (Wildman–Crippen LogP) is 3.29. The number of pyridine rings is 1. The zero-order valence-corrected chi connectivity index (χ0v) is 11.2. The second-order valence-electron chi connectivity index (χ2n) is 4.44. The van der Waals surface area contributed by atoms with Crippen molar-refractivity contribution < 1.29 is 0 Å². The maximum Gasteiger partial charge on any atom is 0.101 e. The summed E-state index contributed by atoms with van der Waals surface area (Å²) in [6.45, 7) is 5.16. The van der Waals surface area contributed by atoms with Crippen LogP contribution >= 0.6 is 0 Å². The molecule has 1 N–H and O–H groups in total. The van der Waals surface area contributed by atoms with Gasteiger partial charge in [0.25, 0.3) is 0 Å². The van der Waals surface area contributed by atoms with E-state index in [0.717, 1.165) is 17.7 Å². The molecule has 3 heteroatoms. The minimum Gasteiger partial charge on any atom is -0.310 e. The van der Waals surface area contributed by atoms with E-state index in [9.17, 15) is 0 Å². The molecule has 0 aliphatic rings. The highest BCUT2D eigenvalue weighted by atomic mass is 14.9. The van der Waals surface area contributed by atoms with E-state index in [1.165, 1.54) is 5.56 Å². The Morgan fingerprint density at radius 2 is 2.11 bits per heavy atom. The maximum absolute atomic E-state index is 8.97. The second kappa shape index (κ2) is 6.12. The number of hydrogen-bond donors (Lipinski definition) is 1. The average molecular weight is 251 g/mol. The molecule has 1 aromatic heterocycles. The minimum absolute atomic E-state index is 0.270. The van der Waals surface area contributed by atoms with Gasteiger partial charge in [0.1, 0.15) is 6.07 Å². The van der Waals surface area contributed by atoms with E-state index in [4.69, 9.17) is 5.26 Å². The standard InChI is InChI=1S/C16H17N3/c1-3-19-12(2)15-6-4-5-7-16(15)14-8-13(9-17)10-18-11-14/h4-8,10-12,19H,3H2,1-2H3. The highest BCUT2D eigenvalue weighted by Crippen LogP contribution is 2.28. The molecule has 0 aliphatic carbocycles. The summed E-state index contributed by atoms with van der Waals surface area (Å²) in [5.41, 5.74) is 3.92. The van der Waals surface area contributed by atoms with E-state index in [1.807, 2.05) is 18.2 Å². The molecule has 0 saturated carbocycles. The van der Waals surface area contributed by atoms with Crippen LogP contribution < -0.4 is 5.32 Å². The number of rotatable bonds is 4.